The van der Waals surface area contributed by atoms with Gasteiger partial charge in [0.1, 0.15) is 10.6 Å². The molecule has 1 atom stereocenters. The molecule has 132 valence electrons. The van der Waals surface area contributed by atoms with Gasteiger partial charge in [-0.25, -0.2) is 17.9 Å². The fourth-order valence-electron chi connectivity index (χ4n) is 1.75. The van der Waals surface area contributed by atoms with Crippen molar-refractivity contribution >= 4 is 28.0 Å². The van der Waals surface area contributed by atoms with Gasteiger partial charge < -0.3 is 14.8 Å². The van der Waals surface area contributed by atoms with Crippen LogP contribution in [0.4, 0.5) is 0 Å². The number of ether oxygens (including phenoxy) is 2. The Morgan fingerprint density at radius 2 is 1.92 bits per heavy atom. The Morgan fingerprint density at radius 3 is 2.46 bits per heavy atom. The van der Waals surface area contributed by atoms with Crippen LogP contribution in [0.2, 0.25) is 0 Å². The zero-order valence-corrected chi connectivity index (χ0v) is 14.6. The standard InChI is InChI=1S/C15H20N2O6S/c1-10(15(19)16-2)23-14(18)8-6-11-5-7-12(22-4)13(9-11)24(20,21)17-3/h5-10,17H,1-4H3,(H,16,19)/b8-6+/t10-/m0/s1. The number of hydrogen-bond donors (Lipinski definition) is 2. The minimum absolute atomic E-state index is 0.0539. The van der Waals surface area contributed by atoms with Crippen molar-refractivity contribution in [2.75, 3.05) is 21.2 Å². The van der Waals surface area contributed by atoms with E-state index >= 15 is 0 Å². The molecule has 0 saturated carbocycles. The fourth-order valence-corrected chi connectivity index (χ4v) is 2.68. The van der Waals surface area contributed by atoms with E-state index in [1.165, 1.54) is 46.3 Å². The molecule has 0 aliphatic heterocycles. The Morgan fingerprint density at radius 1 is 1.25 bits per heavy atom. The summed E-state index contributed by atoms with van der Waals surface area (Å²) in [6, 6.07) is 4.42. The van der Waals surface area contributed by atoms with Crippen molar-refractivity contribution in [1.29, 1.82) is 0 Å². The van der Waals surface area contributed by atoms with E-state index in [0.717, 1.165) is 6.08 Å². The van der Waals surface area contributed by atoms with Crippen molar-refractivity contribution in [3.05, 3.63) is 29.8 Å². The fraction of sp³-hybridized carbons (Fsp3) is 0.333. The number of rotatable bonds is 7. The third-order valence-electron chi connectivity index (χ3n) is 3.07. The highest BCUT2D eigenvalue weighted by Crippen LogP contribution is 2.25. The largest absolute Gasteiger partial charge is 0.495 e. The molecule has 0 heterocycles. The topological polar surface area (TPSA) is 111 Å². The Kier molecular flexibility index (Phi) is 6.93. The molecule has 1 aromatic rings. The molecule has 1 amide bonds. The lowest BCUT2D eigenvalue weighted by atomic mass is 10.2. The van der Waals surface area contributed by atoms with Gasteiger partial charge in [-0.05, 0) is 37.7 Å². The molecule has 0 saturated heterocycles. The quantitative estimate of drug-likeness (QED) is 0.537. The normalized spacial score (nSPS) is 12.7. The van der Waals surface area contributed by atoms with Crippen LogP contribution in [0.15, 0.2) is 29.2 Å². The van der Waals surface area contributed by atoms with Crippen molar-refractivity contribution in [3.8, 4) is 5.75 Å². The van der Waals surface area contributed by atoms with Gasteiger partial charge in [-0.1, -0.05) is 6.07 Å². The second-order valence-electron chi connectivity index (χ2n) is 4.64. The van der Waals surface area contributed by atoms with Gasteiger partial charge in [-0.3, -0.25) is 4.79 Å². The highest BCUT2D eigenvalue weighted by Gasteiger charge is 2.18. The lowest BCUT2D eigenvalue weighted by Crippen LogP contribution is -2.32. The molecule has 0 fully saturated rings. The van der Waals surface area contributed by atoms with Gasteiger partial charge in [0.05, 0.1) is 7.11 Å². The summed E-state index contributed by atoms with van der Waals surface area (Å²) in [5.74, 6) is -0.971. The highest BCUT2D eigenvalue weighted by molar-refractivity contribution is 7.89. The molecular weight excluding hydrogens is 336 g/mol. The number of hydrogen-bond acceptors (Lipinski definition) is 6. The average Bonchev–Trinajstić information content (AvgIpc) is 2.58. The van der Waals surface area contributed by atoms with Crippen LogP contribution in [0.5, 0.6) is 5.75 Å². The first kappa shape index (κ1) is 19.7. The second kappa shape index (κ2) is 8.46. The van der Waals surface area contributed by atoms with Crippen LogP contribution < -0.4 is 14.8 Å². The summed E-state index contributed by atoms with van der Waals surface area (Å²) in [5, 5.41) is 2.36. The SMILES string of the molecule is CNC(=O)[C@H](C)OC(=O)/C=C/c1ccc(OC)c(S(=O)(=O)NC)c1. The molecule has 0 unspecified atom stereocenters. The van der Waals surface area contributed by atoms with Crippen molar-refractivity contribution in [1.82, 2.24) is 10.0 Å². The van der Waals surface area contributed by atoms with Crippen molar-refractivity contribution in [2.45, 2.75) is 17.9 Å². The van der Waals surface area contributed by atoms with E-state index in [-0.39, 0.29) is 10.6 Å². The third-order valence-corrected chi connectivity index (χ3v) is 4.50. The summed E-state index contributed by atoms with van der Waals surface area (Å²) in [6.07, 6.45) is 1.56. The van der Waals surface area contributed by atoms with Gasteiger partial charge in [0.2, 0.25) is 10.0 Å². The maximum atomic E-state index is 12.0. The smallest absolute Gasteiger partial charge is 0.331 e. The van der Waals surface area contributed by atoms with Crippen LogP contribution in [0, 0.1) is 0 Å². The molecule has 0 aliphatic rings. The molecule has 24 heavy (non-hydrogen) atoms. The Hall–Kier alpha value is -2.39. The highest BCUT2D eigenvalue weighted by atomic mass is 32.2. The Balaban J connectivity index is 2.98. The zero-order chi connectivity index (χ0) is 18.3. The van der Waals surface area contributed by atoms with Crippen LogP contribution in [0.3, 0.4) is 0 Å². The molecule has 0 radical (unpaired) electrons. The molecule has 0 aromatic heterocycles. The molecule has 2 N–H and O–H groups in total. The van der Waals surface area contributed by atoms with Gasteiger partial charge in [-0.2, -0.15) is 0 Å². The maximum absolute atomic E-state index is 12.0. The molecule has 0 aliphatic carbocycles. The number of likely N-dealkylation sites (N-methyl/N-ethyl adjacent to an activating group) is 1. The van der Waals surface area contributed by atoms with Crippen LogP contribution >= 0.6 is 0 Å². The Bertz CT molecular complexity index is 742. The molecule has 9 heteroatoms. The summed E-state index contributed by atoms with van der Waals surface area (Å²) in [6.45, 7) is 1.44. The van der Waals surface area contributed by atoms with Crippen LogP contribution in [0.25, 0.3) is 6.08 Å². The number of amides is 1. The number of benzene rings is 1. The summed E-state index contributed by atoms with van der Waals surface area (Å²) in [4.78, 5) is 22.9. The predicted molar refractivity (Wildman–Crippen MR) is 87.9 cm³/mol. The molecular formula is C15H20N2O6S. The number of esters is 1. The van der Waals surface area contributed by atoms with Gasteiger partial charge in [0, 0.05) is 13.1 Å². The maximum Gasteiger partial charge on any atom is 0.331 e. The van der Waals surface area contributed by atoms with Crippen LogP contribution in [-0.2, 0) is 24.3 Å². The number of carbonyl (C=O) groups is 2. The lowest BCUT2D eigenvalue weighted by molar-refractivity contribution is -0.149. The van der Waals surface area contributed by atoms with Crippen LogP contribution in [-0.4, -0.2) is 47.6 Å². The third kappa shape index (κ3) is 5.07. The van der Waals surface area contributed by atoms with E-state index < -0.39 is 28.0 Å². The van der Waals surface area contributed by atoms with E-state index in [4.69, 9.17) is 9.47 Å². The molecule has 1 rings (SSSR count). The first-order valence-electron chi connectivity index (χ1n) is 6.97. The molecule has 0 bridgehead atoms. The summed E-state index contributed by atoms with van der Waals surface area (Å²) >= 11 is 0. The van der Waals surface area contributed by atoms with E-state index in [2.05, 4.69) is 10.0 Å². The minimum atomic E-state index is -3.71. The van der Waals surface area contributed by atoms with Gasteiger partial charge in [0.25, 0.3) is 5.91 Å². The van der Waals surface area contributed by atoms with Crippen LogP contribution in [0.1, 0.15) is 12.5 Å². The number of carbonyl (C=O) groups excluding carboxylic acids is 2. The van der Waals surface area contributed by atoms with E-state index in [1.807, 2.05) is 0 Å². The van der Waals surface area contributed by atoms with Gasteiger partial charge >= 0.3 is 5.97 Å². The monoisotopic (exact) mass is 356 g/mol. The van der Waals surface area contributed by atoms with Crippen molar-refractivity contribution in [2.24, 2.45) is 0 Å². The first-order valence-corrected chi connectivity index (χ1v) is 8.45. The minimum Gasteiger partial charge on any atom is -0.495 e. The molecule has 1 aromatic carbocycles. The predicted octanol–water partition coefficient (Wildman–Crippen LogP) is 0.294. The Labute approximate surface area is 140 Å². The van der Waals surface area contributed by atoms with Gasteiger partial charge in [-0.15, -0.1) is 0 Å². The molecule has 0 spiro atoms. The number of sulfonamides is 1. The number of methoxy groups -OCH3 is 1. The summed E-state index contributed by atoms with van der Waals surface area (Å²) < 4.78 is 36.1. The van der Waals surface area contributed by atoms with E-state index in [1.54, 1.807) is 6.07 Å². The zero-order valence-electron chi connectivity index (χ0n) is 13.8. The van der Waals surface area contributed by atoms with Gasteiger partial charge in [0.15, 0.2) is 6.10 Å². The second-order valence-corrected chi connectivity index (χ2v) is 6.50. The first-order chi connectivity index (χ1) is 11.2. The molecule has 8 nitrogen and oxygen atoms in total. The summed E-state index contributed by atoms with van der Waals surface area (Å²) in [7, 11) is 0.365. The van der Waals surface area contributed by atoms with E-state index in [9.17, 15) is 18.0 Å². The number of nitrogens with one attached hydrogen (secondary N) is 2. The lowest BCUT2D eigenvalue weighted by Gasteiger charge is -2.10. The van der Waals surface area contributed by atoms with Crippen molar-refractivity contribution < 1.29 is 27.5 Å². The summed E-state index contributed by atoms with van der Waals surface area (Å²) in [5.41, 5.74) is 0.453. The van der Waals surface area contributed by atoms with E-state index in [0.29, 0.717) is 5.56 Å². The van der Waals surface area contributed by atoms with Crippen molar-refractivity contribution in [3.63, 3.8) is 0 Å². The average molecular weight is 356 g/mol.